The van der Waals surface area contributed by atoms with E-state index >= 15 is 0 Å². The summed E-state index contributed by atoms with van der Waals surface area (Å²) in [4.78, 5) is 38.9. The Morgan fingerprint density at radius 3 is 2.70 bits per heavy atom. The Morgan fingerprint density at radius 1 is 1.23 bits per heavy atom. The SMILES string of the molecule is CN1C(=O)CC(C)(c2cc(NC(=O)c3cnc4ccccc4n3)ccc2F)N=C1N. The molecule has 0 saturated heterocycles. The van der Waals surface area contributed by atoms with Crippen LogP contribution in [0.25, 0.3) is 11.0 Å². The van der Waals surface area contributed by atoms with Gasteiger partial charge in [0.15, 0.2) is 5.96 Å². The largest absolute Gasteiger partial charge is 0.369 e. The highest BCUT2D eigenvalue weighted by Gasteiger charge is 2.38. The van der Waals surface area contributed by atoms with Gasteiger partial charge >= 0.3 is 0 Å². The molecule has 2 aromatic carbocycles. The van der Waals surface area contributed by atoms with Crippen molar-refractivity contribution in [1.29, 1.82) is 0 Å². The number of rotatable bonds is 3. The van der Waals surface area contributed by atoms with Crippen molar-refractivity contribution < 1.29 is 14.0 Å². The van der Waals surface area contributed by atoms with Crippen LogP contribution in [0, 0.1) is 5.82 Å². The Labute approximate surface area is 171 Å². The zero-order valence-corrected chi connectivity index (χ0v) is 16.4. The number of aromatic nitrogens is 2. The fourth-order valence-corrected chi connectivity index (χ4v) is 3.34. The normalized spacial score (nSPS) is 19.0. The van der Waals surface area contributed by atoms with E-state index in [9.17, 15) is 14.0 Å². The van der Waals surface area contributed by atoms with Gasteiger partial charge in [0.25, 0.3) is 5.91 Å². The number of guanidine groups is 1. The van der Waals surface area contributed by atoms with Crippen LogP contribution in [0.4, 0.5) is 10.1 Å². The number of amides is 2. The predicted octanol–water partition coefficient (Wildman–Crippen LogP) is 2.41. The summed E-state index contributed by atoms with van der Waals surface area (Å²) in [5.41, 5.74) is 6.53. The van der Waals surface area contributed by atoms with Crippen molar-refractivity contribution >= 4 is 34.5 Å². The topological polar surface area (TPSA) is 114 Å². The summed E-state index contributed by atoms with van der Waals surface area (Å²) in [6, 6.07) is 11.3. The lowest BCUT2D eigenvalue weighted by molar-refractivity contribution is -0.128. The number of nitrogens with zero attached hydrogens (tertiary/aromatic N) is 4. The number of hydrogen-bond acceptors (Lipinski definition) is 6. The summed E-state index contributed by atoms with van der Waals surface area (Å²) in [6.07, 6.45) is 1.33. The van der Waals surface area contributed by atoms with Gasteiger partial charge in [-0.3, -0.25) is 19.5 Å². The zero-order chi connectivity index (χ0) is 21.5. The molecule has 0 spiro atoms. The lowest BCUT2D eigenvalue weighted by Gasteiger charge is -2.34. The Balaban J connectivity index is 1.64. The molecule has 1 aliphatic rings. The maximum atomic E-state index is 14.6. The van der Waals surface area contributed by atoms with Crippen LogP contribution in [0.2, 0.25) is 0 Å². The first-order chi connectivity index (χ1) is 14.3. The van der Waals surface area contributed by atoms with Crippen LogP contribution in [-0.4, -0.2) is 39.7 Å². The molecule has 8 nitrogen and oxygen atoms in total. The van der Waals surface area contributed by atoms with Crippen molar-refractivity contribution in [3.8, 4) is 0 Å². The molecule has 2 heterocycles. The summed E-state index contributed by atoms with van der Waals surface area (Å²) in [5, 5.41) is 2.69. The maximum Gasteiger partial charge on any atom is 0.275 e. The Bertz CT molecular complexity index is 1210. The van der Waals surface area contributed by atoms with Gasteiger partial charge in [-0.2, -0.15) is 0 Å². The Kier molecular flexibility index (Phi) is 4.65. The minimum Gasteiger partial charge on any atom is -0.369 e. The monoisotopic (exact) mass is 406 g/mol. The number of para-hydroxylation sites is 2. The number of fused-ring (bicyclic) bond motifs is 1. The molecule has 1 aliphatic heterocycles. The Morgan fingerprint density at radius 2 is 1.97 bits per heavy atom. The standard InChI is InChI=1S/C21H19FN6O2/c1-21(10-18(29)28(2)20(23)27-21)13-9-12(7-8-14(13)22)25-19(30)17-11-24-15-5-3-4-6-16(15)26-17/h3-9,11H,10H2,1-2H3,(H2,23,27)(H,25,30). The predicted molar refractivity (Wildman–Crippen MR) is 110 cm³/mol. The van der Waals surface area contributed by atoms with E-state index in [2.05, 4.69) is 20.3 Å². The van der Waals surface area contributed by atoms with Gasteiger partial charge in [0.2, 0.25) is 5.91 Å². The fraction of sp³-hybridized carbons (Fsp3) is 0.190. The summed E-state index contributed by atoms with van der Waals surface area (Å²) >= 11 is 0. The first kappa shape index (κ1) is 19.4. The van der Waals surface area contributed by atoms with Crippen LogP contribution in [0.5, 0.6) is 0 Å². The number of anilines is 1. The summed E-state index contributed by atoms with van der Waals surface area (Å²) in [5.74, 6) is -1.30. The number of carbonyl (C=O) groups excluding carboxylic acids is 2. The Hall–Kier alpha value is -3.88. The molecule has 1 aromatic heterocycles. The molecule has 2 amide bonds. The highest BCUT2D eigenvalue weighted by Crippen LogP contribution is 2.35. The second kappa shape index (κ2) is 7.18. The van der Waals surface area contributed by atoms with Crippen molar-refractivity contribution in [1.82, 2.24) is 14.9 Å². The number of aliphatic imine (C=N–C) groups is 1. The van der Waals surface area contributed by atoms with Crippen LogP contribution < -0.4 is 11.1 Å². The van der Waals surface area contributed by atoms with Crippen LogP contribution in [0.3, 0.4) is 0 Å². The summed E-state index contributed by atoms with van der Waals surface area (Å²) in [7, 11) is 1.51. The molecule has 9 heteroatoms. The molecule has 152 valence electrons. The molecule has 0 bridgehead atoms. The number of carbonyl (C=O) groups is 2. The van der Waals surface area contributed by atoms with E-state index in [1.54, 1.807) is 25.1 Å². The van der Waals surface area contributed by atoms with Gasteiger partial charge < -0.3 is 11.1 Å². The zero-order valence-electron chi connectivity index (χ0n) is 16.4. The van der Waals surface area contributed by atoms with Crippen LogP contribution in [0.15, 0.2) is 53.7 Å². The number of nitrogens with one attached hydrogen (secondary N) is 1. The molecular formula is C21H19FN6O2. The van der Waals surface area contributed by atoms with Gasteiger partial charge in [-0.1, -0.05) is 12.1 Å². The quantitative estimate of drug-likeness (QED) is 0.693. The highest BCUT2D eigenvalue weighted by atomic mass is 19.1. The molecule has 0 radical (unpaired) electrons. The molecule has 1 unspecified atom stereocenters. The van der Waals surface area contributed by atoms with Gasteiger partial charge in [-0.15, -0.1) is 0 Å². The van der Waals surface area contributed by atoms with Crippen LogP contribution >= 0.6 is 0 Å². The molecular weight excluding hydrogens is 387 g/mol. The van der Waals surface area contributed by atoms with Crippen LogP contribution in [-0.2, 0) is 10.3 Å². The molecule has 0 aliphatic carbocycles. The minimum absolute atomic E-state index is 0.00836. The van der Waals surface area contributed by atoms with Gasteiger partial charge in [-0.05, 0) is 37.3 Å². The van der Waals surface area contributed by atoms with Gasteiger partial charge in [-0.25, -0.2) is 14.4 Å². The molecule has 0 saturated carbocycles. The summed E-state index contributed by atoms with van der Waals surface area (Å²) < 4.78 is 14.6. The van der Waals surface area contributed by atoms with E-state index < -0.39 is 17.3 Å². The van der Waals surface area contributed by atoms with Gasteiger partial charge in [0.05, 0.1) is 29.2 Å². The van der Waals surface area contributed by atoms with E-state index in [0.29, 0.717) is 16.7 Å². The lowest BCUT2D eigenvalue weighted by atomic mass is 9.87. The second-order valence-electron chi connectivity index (χ2n) is 7.27. The van der Waals surface area contributed by atoms with E-state index in [1.165, 1.54) is 36.3 Å². The first-order valence-corrected chi connectivity index (χ1v) is 9.22. The van der Waals surface area contributed by atoms with Crippen LogP contribution in [0.1, 0.15) is 29.4 Å². The van der Waals surface area contributed by atoms with Crippen molar-refractivity contribution in [3.63, 3.8) is 0 Å². The van der Waals surface area contributed by atoms with Crippen molar-refractivity contribution in [3.05, 3.63) is 65.7 Å². The molecule has 3 aromatic rings. The number of nitrogens with two attached hydrogens (primary N) is 1. The smallest absolute Gasteiger partial charge is 0.275 e. The minimum atomic E-state index is -1.18. The third kappa shape index (κ3) is 3.45. The first-order valence-electron chi connectivity index (χ1n) is 9.22. The average molecular weight is 406 g/mol. The molecule has 3 N–H and O–H groups in total. The van der Waals surface area contributed by atoms with Crippen molar-refractivity contribution in [2.24, 2.45) is 10.7 Å². The number of benzene rings is 2. The maximum absolute atomic E-state index is 14.6. The molecule has 4 rings (SSSR count). The highest BCUT2D eigenvalue weighted by molar-refractivity contribution is 6.03. The molecule has 1 atom stereocenters. The third-order valence-electron chi connectivity index (χ3n) is 5.06. The second-order valence-corrected chi connectivity index (χ2v) is 7.27. The number of hydrogen-bond donors (Lipinski definition) is 2. The van der Waals surface area contributed by atoms with Crippen molar-refractivity contribution in [2.45, 2.75) is 18.9 Å². The fourth-order valence-electron chi connectivity index (χ4n) is 3.34. The van der Waals surface area contributed by atoms with E-state index in [1.807, 2.05) is 6.07 Å². The number of halogens is 1. The average Bonchev–Trinajstić information content (AvgIpc) is 2.73. The molecule has 30 heavy (non-hydrogen) atoms. The third-order valence-corrected chi connectivity index (χ3v) is 5.06. The van der Waals surface area contributed by atoms with Gasteiger partial charge in [0.1, 0.15) is 11.5 Å². The molecule has 0 fully saturated rings. The van der Waals surface area contributed by atoms with E-state index in [-0.39, 0.29) is 29.5 Å². The lowest BCUT2D eigenvalue weighted by Crippen LogP contribution is -2.47. The van der Waals surface area contributed by atoms with Gasteiger partial charge in [0, 0.05) is 18.3 Å². The van der Waals surface area contributed by atoms with E-state index in [0.717, 1.165) is 0 Å². The summed E-state index contributed by atoms with van der Waals surface area (Å²) in [6.45, 7) is 1.63. The van der Waals surface area contributed by atoms with Crippen molar-refractivity contribution in [2.75, 3.05) is 12.4 Å². The van der Waals surface area contributed by atoms with E-state index in [4.69, 9.17) is 5.73 Å².